The Bertz CT molecular complexity index is 497. The van der Waals surface area contributed by atoms with Crippen molar-refractivity contribution >= 4 is 27.9 Å². The zero-order valence-corrected chi connectivity index (χ0v) is 12.5. The van der Waals surface area contributed by atoms with Gasteiger partial charge in [-0.3, -0.25) is 0 Å². The lowest BCUT2D eigenvalue weighted by molar-refractivity contribution is -0.139. The highest BCUT2D eigenvalue weighted by atomic mass is 79.9. The van der Waals surface area contributed by atoms with Crippen LogP contribution in [0.2, 0.25) is 0 Å². The number of hydrogen-bond acceptors (Lipinski definition) is 2. The number of carboxylic acids is 1. The third kappa shape index (κ3) is 5.16. The van der Waals surface area contributed by atoms with Crippen LogP contribution < -0.4 is 10.6 Å². The molecular weight excluding hydrogens is 331 g/mol. The fourth-order valence-corrected chi connectivity index (χ4v) is 2.09. The summed E-state index contributed by atoms with van der Waals surface area (Å²) in [6, 6.07) is 2.65. The normalized spacial score (nSPS) is 11.8. The molecule has 0 heterocycles. The standard InChI is InChI=1S/C13H16BrFN2O3/c1-2-3-11(12(18)19)17-13(20)16-7-8-4-5-9(15)6-10(8)14/h4-6,11H,2-3,7H2,1H3,(H,18,19)(H2,16,17,20). The Labute approximate surface area is 124 Å². The lowest BCUT2D eigenvalue weighted by Crippen LogP contribution is -2.45. The van der Waals surface area contributed by atoms with Crippen LogP contribution in [0, 0.1) is 5.82 Å². The van der Waals surface area contributed by atoms with Crippen molar-refractivity contribution in [1.29, 1.82) is 0 Å². The second-order valence-electron chi connectivity index (χ2n) is 4.24. The van der Waals surface area contributed by atoms with E-state index in [1.165, 1.54) is 12.1 Å². The van der Waals surface area contributed by atoms with Crippen molar-refractivity contribution in [2.75, 3.05) is 0 Å². The van der Waals surface area contributed by atoms with Crippen LogP contribution in [0.5, 0.6) is 0 Å². The van der Waals surface area contributed by atoms with Gasteiger partial charge in [0.15, 0.2) is 0 Å². The number of carbonyl (C=O) groups is 2. The van der Waals surface area contributed by atoms with Gasteiger partial charge in [-0.05, 0) is 24.1 Å². The summed E-state index contributed by atoms with van der Waals surface area (Å²) >= 11 is 3.19. The summed E-state index contributed by atoms with van der Waals surface area (Å²) in [4.78, 5) is 22.5. The molecule has 0 aliphatic heterocycles. The van der Waals surface area contributed by atoms with E-state index in [1.807, 2.05) is 6.92 Å². The predicted octanol–water partition coefficient (Wildman–Crippen LogP) is 2.64. The van der Waals surface area contributed by atoms with E-state index < -0.39 is 18.0 Å². The molecule has 2 amide bonds. The molecule has 0 aromatic heterocycles. The molecule has 0 radical (unpaired) electrons. The van der Waals surface area contributed by atoms with Gasteiger partial charge < -0.3 is 15.7 Å². The Morgan fingerprint density at radius 2 is 2.15 bits per heavy atom. The van der Waals surface area contributed by atoms with E-state index in [2.05, 4.69) is 26.6 Å². The minimum absolute atomic E-state index is 0.172. The van der Waals surface area contributed by atoms with Gasteiger partial charge in [0.1, 0.15) is 11.9 Å². The van der Waals surface area contributed by atoms with Crippen LogP contribution in [-0.2, 0) is 11.3 Å². The molecule has 0 saturated carbocycles. The first-order valence-corrected chi connectivity index (χ1v) is 6.94. The van der Waals surface area contributed by atoms with Gasteiger partial charge in [0.05, 0.1) is 0 Å². The molecule has 1 atom stereocenters. The molecule has 1 aromatic carbocycles. The number of halogens is 2. The molecule has 0 aliphatic rings. The van der Waals surface area contributed by atoms with Crippen molar-refractivity contribution in [3.63, 3.8) is 0 Å². The van der Waals surface area contributed by atoms with E-state index in [1.54, 1.807) is 6.07 Å². The monoisotopic (exact) mass is 346 g/mol. The lowest BCUT2D eigenvalue weighted by atomic mass is 10.2. The molecule has 20 heavy (non-hydrogen) atoms. The number of rotatable bonds is 6. The molecule has 0 fully saturated rings. The van der Waals surface area contributed by atoms with Crippen molar-refractivity contribution < 1.29 is 19.1 Å². The number of benzene rings is 1. The third-order valence-corrected chi connectivity index (χ3v) is 3.37. The van der Waals surface area contributed by atoms with Crippen LogP contribution in [0.25, 0.3) is 0 Å². The van der Waals surface area contributed by atoms with Crippen molar-refractivity contribution in [3.8, 4) is 0 Å². The second kappa shape index (κ2) is 7.84. The van der Waals surface area contributed by atoms with Crippen molar-refractivity contribution in [2.24, 2.45) is 0 Å². The van der Waals surface area contributed by atoms with Crippen molar-refractivity contribution in [2.45, 2.75) is 32.4 Å². The maximum Gasteiger partial charge on any atom is 0.326 e. The molecule has 1 aromatic rings. The number of hydrogen-bond donors (Lipinski definition) is 3. The average Bonchev–Trinajstić information content (AvgIpc) is 2.37. The summed E-state index contributed by atoms with van der Waals surface area (Å²) in [6.45, 7) is 2.01. The molecule has 0 aliphatic carbocycles. The first-order chi connectivity index (χ1) is 9.43. The molecule has 3 N–H and O–H groups in total. The maximum absolute atomic E-state index is 12.9. The Morgan fingerprint density at radius 3 is 2.70 bits per heavy atom. The zero-order chi connectivity index (χ0) is 15.1. The fourth-order valence-electron chi connectivity index (χ4n) is 1.60. The average molecular weight is 347 g/mol. The molecule has 0 saturated heterocycles. The molecule has 1 unspecified atom stereocenters. The smallest absolute Gasteiger partial charge is 0.326 e. The number of aliphatic carboxylic acids is 1. The number of urea groups is 1. The molecule has 5 nitrogen and oxygen atoms in total. The van der Waals surface area contributed by atoms with E-state index in [0.29, 0.717) is 22.9 Å². The highest BCUT2D eigenvalue weighted by Gasteiger charge is 2.18. The van der Waals surface area contributed by atoms with Crippen LogP contribution in [-0.4, -0.2) is 23.1 Å². The van der Waals surface area contributed by atoms with Crippen LogP contribution in [0.3, 0.4) is 0 Å². The minimum atomic E-state index is -1.06. The predicted molar refractivity (Wildman–Crippen MR) is 75.8 cm³/mol. The molecule has 0 bridgehead atoms. The van der Waals surface area contributed by atoms with E-state index >= 15 is 0 Å². The lowest BCUT2D eigenvalue weighted by Gasteiger charge is -2.14. The first-order valence-electron chi connectivity index (χ1n) is 6.15. The fraction of sp³-hybridized carbons (Fsp3) is 0.385. The number of nitrogens with one attached hydrogen (secondary N) is 2. The Hall–Kier alpha value is -1.63. The summed E-state index contributed by atoms with van der Waals surface area (Å²) in [5.41, 5.74) is 0.698. The van der Waals surface area contributed by atoms with Crippen LogP contribution in [0.15, 0.2) is 22.7 Å². The van der Waals surface area contributed by atoms with E-state index in [9.17, 15) is 14.0 Å². The summed E-state index contributed by atoms with van der Waals surface area (Å²) in [5.74, 6) is -1.44. The van der Waals surface area contributed by atoms with Gasteiger partial charge in [0, 0.05) is 11.0 Å². The van der Waals surface area contributed by atoms with E-state index in [-0.39, 0.29) is 12.4 Å². The number of carboxylic acid groups (broad SMARTS) is 1. The molecular formula is C13H16BrFN2O3. The Morgan fingerprint density at radius 1 is 1.45 bits per heavy atom. The van der Waals surface area contributed by atoms with Gasteiger partial charge in [-0.1, -0.05) is 35.3 Å². The van der Waals surface area contributed by atoms with Crippen molar-refractivity contribution in [3.05, 3.63) is 34.1 Å². The van der Waals surface area contributed by atoms with Gasteiger partial charge >= 0.3 is 12.0 Å². The highest BCUT2D eigenvalue weighted by Crippen LogP contribution is 2.17. The van der Waals surface area contributed by atoms with Gasteiger partial charge in [-0.15, -0.1) is 0 Å². The summed E-state index contributed by atoms with van der Waals surface area (Å²) in [5, 5.41) is 13.8. The number of carbonyl (C=O) groups excluding carboxylic acids is 1. The maximum atomic E-state index is 12.9. The first kappa shape index (κ1) is 16.4. The van der Waals surface area contributed by atoms with Crippen LogP contribution in [0.1, 0.15) is 25.3 Å². The van der Waals surface area contributed by atoms with E-state index in [4.69, 9.17) is 5.11 Å². The summed E-state index contributed by atoms with van der Waals surface area (Å²) in [7, 11) is 0. The van der Waals surface area contributed by atoms with Crippen LogP contribution >= 0.6 is 15.9 Å². The van der Waals surface area contributed by atoms with Crippen LogP contribution in [0.4, 0.5) is 9.18 Å². The van der Waals surface area contributed by atoms with Gasteiger partial charge in [0.2, 0.25) is 0 Å². The quantitative estimate of drug-likeness (QED) is 0.740. The topological polar surface area (TPSA) is 78.4 Å². The third-order valence-electron chi connectivity index (χ3n) is 2.64. The van der Waals surface area contributed by atoms with Gasteiger partial charge in [-0.25, -0.2) is 14.0 Å². The largest absolute Gasteiger partial charge is 0.480 e. The summed E-state index contributed by atoms with van der Waals surface area (Å²) < 4.78 is 13.4. The molecule has 110 valence electrons. The Balaban J connectivity index is 2.52. The zero-order valence-electron chi connectivity index (χ0n) is 11.0. The van der Waals surface area contributed by atoms with Gasteiger partial charge in [0.25, 0.3) is 0 Å². The number of amides is 2. The molecule has 0 spiro atoms. The molecule has 7 heteroatoms. The second-order valence-corrected chi connectivity index (χ2v) is 5.10. The minimum Gasteiger partial charge on any atom is -0.480 e. The Kier molecular flexibility index (Phi) is 6.44. The van der Waals surface area contributed by atoms with Gasteiger partial charge in [-0.2, -0.15) is 0 Å². The highest BCUT2D eigenvalue weighted by molar-refractivity contribution is 9.10. The summed E-state index contributed by atoms with van der Waals surface area (Å²) in [6.07, 6.45) is 1.02. The van der Waals surface area contributed by atoms with E-state index in [0.717, 1.165) is 0 Å². The SMILES string of the molecule is CCCC(NC(=O)NCc1ccc(F)cc1Br)C(=O)O. The van der Waals surface area contributed by atoms with Crippen molar-refractivity contribution in [1.82, 2.24) is 10.6 Å². The molecule has 1 rings (SSSR count).